The van der Waals surface area contributed by atoms with Crippen molar-refractivity contribution in [2.45, 2.75) is 26.2 Å². The van der Waals surface area contributed by atoms with Crippen LogP contribution < -0.4 is 15.5 Å². The third-order valence-electron chi connectivity index (χ3n) is 3.95. The van der Waals surface area contributed by atoms with Gasteiger partial charge in [0.25, 0.3) is 0 Å². The lowest BCUT2D eigenvalue weighted by atomic mass is 10.1. The van der Waals surface area contributed by atoms with Gasteiger partial charge in [-0.3, -0.25) is 4.99 Å². The first-order valence-corrected chi connectivity index (χ1v) is 9.58. The smallest absolute Gasteiger partial charge is 0.190 e. The van der Waals surface area contributed by atoms with Gasteiger partial charge in [0.2, 0.25) is 0 Å². The zero-order valence-corrected chi connectivity index (χ0v) is 19.2. The number of benzene rings is 1. The van der Waals surface area contributed by atoms with Crippen LogP contribution in [0.4, 0.5) is 5.69 Å². The van der Waals surface area contributed by atoms with Gasteiger partial charge in [0, 0.05) is 51.7 Å². The summed E-state index contributed by atoms with van der Waals surface area (Å²) in [6.45, 7) is 3.79. The number of hydrogen-bond acceptors (Lipinski definition) is 4. The standard InChI is InChI=1S/C19H29N5S.HI/c1-15-23-17(14-25-15)11-13-22-19(20-2)21-12-5-6-16-7-9-18(10-8-16)24(3)4;/h7-10,14H,5-6,11-13H2,1-4H3,(H2,20,21,22);1H. The van der Waals surface area contributed by atoms with Crippen LogP contribution in [0.15, 0.2) is 34.6 Å². The quantitative estimate of drug-likeness (QED) is 0.259. The van der Waals surface area contributed by atoms with E-state index in [-0.39, 0.29) is 24.0 Å². The second kappa shape index (κ2) is 12.1. The van der Waals surface area contributed by atoms with Gasteiger partial charge < -0.3 is 15.5 Å². The van der Waals surface area contributed by atoms with Gasteiger partial charge in [-0.25, -0.2) is 4.98 Å². The minimum absolute atomic E-state index is 0. The summed E-state index contributed by atoms with van der Waals surface area (Å²) in [7, 11) is 5.93. The Morgan fingerprint density at radius 3 is 2.38 bits per heavy atom. The topological polar surface area (TPSA) is 52.6 Å². The molecule has 0 fully saturated rings. The van der Waals surface area contributed by atoms with Crippen molar-refractivity contribution in [1.82, 2.24) is 15.6 Å². The van der Waals surface area contributed by atoms with E-state index in [1.165, 1.54) is 11.3 Å². The summed E-state index contributed by atoms with van der Waals surface area (Å²) in [5.74, 6) is 0.856. The Kier molecular flexibility index (Phi) is 10.6. The monoisotopic (exact) mass is 487 g/mol. The Balaban J connectivity index is 0.00000338. The first kappa shape index (κ1) is 22.7. The van der Waals surface area contributed by atoms with Crippen molar-refractivity contribution in [3.8, 4) is 0 Å². The number of rotatable bonds is 8. The lowest BCUT2D eigenvalue weighted by molar-refractivity contribution is 0.736. The molecule has 144 valence electrons. The molecule has 7 heteroatoms. The molecule has 2 rings (SSSR count). The third-order valence-corrected chi connectivity index (χ3v) is 4.77. The summed E-state index contributed by atoms with van der Waals surface area (Å²) >= 11 is 1.70. The number of aryl methyl sites for hydroxylation is 2. The van der Waals surface area contributed by atoms with E-state index in [9.17, 15) is 0 Å². The molecule has 0 unspecified atom stereocenters. The van der Waals surface area contributed by atoms with E-state index in [1.54, 1.807) is 11.3 Å². The van der Waals surface area contributed by atoms with Crippen LogP contribution >= 0.6 is 35.3 Å². The van der Waals surface area contributed by atoms with Crippen molar-refractivity contribution in [3.05, 3.63) is 45.9 Å². The van der Waals surface area contributed by atoms with E-state index in [4.69, 9.17) is 0 Å². The minimum atomic E-state index is 0. The molecule has 0 atom stereocenters. The Labute approximate surface area is 178 Å². The summed E-state index contributed by atoms with van der Waals surface area (Å²) in [6, 6.07) is 8.75. The number of aliphatic imine (C=N–C) groups is 1. The van der Waals surface area contributed by atoms with Gasteiger partial charge in [0.1, 0.15) is 0 Å². The van der Waals surface area contributed by atoms with Gasteiger partial charge in [0.05, 0.1) is 10.7 Å². The van der Waals surface area contributed by atoms with Gasteiger partial charge in [-0.1, -0.05) is 12.1 Å². The van der Waals surface area contributed by atoms with Crippen LogP contribution in [-0.4, -0.2) is 45.2 Å². The molecule has 0 amide bonds. The molecule has 26 heavy (non-hydrogen) atoms. The van der Waals surface area contributed by atoms with Crippen LogP contribution in [-0.2, 0) is 12.8 Å². The normalized spacial score (nSPS) is 11.0. The van der Waals surface area contributed by atoms with Crippen LogP contribution in [0.25, 0.3) is 0 Å². The fourth-order valence-electron chi connectivity index (χ4n) is 2.51. The highest BCUT2D eigenvalue weighted by Gasteiger charge is 2.01. The van der Waals surface area contributed by atoms with Gasteiger partial charge >= 0.3 is 0 Å². The van der Waals surface area contributed by atoms with Crippen LogP contribution in [0.3, 0.4) is 0 Å². The van der Waals surface area contributed by atoms with E-state index in [0.717, 1.165) is 49.0 Å². The first-order valence-electron chi connectivity index (χ1n) is 8.70. The lowest BCUT2D eigenvalue weighted by Gasteiger charge is -2.13. The number of thiazole rings is 1. The van der Waals surface area contributed by atoms with Gasteiger partial charge in [-0.05, 0) is 37.5 Å². The third kappa shape index (κ3) is 7.90. The molecular formula is C19H30IN5S. The Hall–Kier alpha value is -1.35. The molecule has 0 saturated heterocycles. The number of hydrogen-bond donors (Lipinski definition) is 2. The Morgan fingerprint density at radius 1 is 1.12 bits per heavy atom. The zero-order chi connectivity index (χ0) is 18.1. The number of halogens is 1. The van der Waals surface area contributed by atoms with Crippen molar-refractivity contribution < 1.29 is 0 Å². The summed E-state index contributed by atoms with van der Waals surface area (Å²) in [5.41, 5.74) is 3.75. The highest BCUT2D eigenvalue weighted by molar-refractivity contribution is 14.0. The number of guanidine groups is 1. The van der Waals surface area contributed by atoms with E-state index >= 15 is 0 Å². The van der Waals surface area contributed by atoms with Crippen LogP contribution in [0.5, 0.6) is 0 Å². The molecule has 0 aliphatic rings. The second-order valence-corrected chi connectivity index (χ2v) is 7.26. The molecule has 2 N–H and O–H groups in total. The van der Waals surface area contributed by atoms with E-state index in [0.29, 0.717) is 0 Å². The summed E-state index contributed by atoms with van der Waals surface area (Å²) in [6.07, 6.45) is 3.06. The maximum Gasteiger partial charge on any atom is 0.190 e. The largest absolute Gasteiger partial charge is 0.378 e. The van der Waals surface area contributed by atoms with E-state index in [1.807, 2.05) is 14.0 Å². The van der Waals surface area contributed by atoms with Gasteiger partial charge in [-0.15, -0.1) is 35.3 Å². The number of nitrogens with zero attached hydrogens (tertiary/aromatic N) is 3. The Bertz CT molecular complexity index is 667. The van der Waals surface area contributed by atoms with Crippen molar-refractivity contribution in [3.63, 3.8) is 0 Å². The highest BCUT2D eigenvalue weighted by Crippen LogP contribution is 2.13. The maximum absolute atomic E-state index is 4.47. The minimum Gasteiger partial charge on any atom is -0.378 e. The maximum atomic E-state index is 4.47. The van der Waals surface area contributed by atoms with Crippen molar-refractivity contribution in [1.29, 1.82) is 0 Å². The molecule has 0 aliphatic carbocycles. The van der Waals surface area contributed by atoms with Gasteiger partial charge in [-0.2, -0.15) is 0 Å². The van der Waals surface area contributed by atoms with Crippen LogP contribution in [0.2, 0.25) is 0 Å². The predicted octanol–water partition coefficient (Wildman–Crippen LogP) is 3.48. The Morgan fingerprint density at radius 2 is 1.81 bits per heavy atom. The summed E-state index contributed by atoms with van der Waals surface area (Å²) < 4.78 is 0. The molecular weight excluding hydrogens is 457 g/mol. The van der Waals surface area contributed by atoms with Crippen LogP contribution in [0, 0.1) is 6.92 Å². The molecule has 0 radical (unpaired) electrons. The number of aromatic nitrogens is 1. The van der Waals surface area contributed by atoms with E-state index < -0.39 is 0 Å². The molecule has 0 aliphatic heterocycles. The van der Waals surface area contributed by atoms with Crippen molar-refractivity contribution in [2.24, 2.45) is 4.99 Å². The molecule has 0 bridgehead atoms. The summed E-state index contributed by atoms with van der Waals surface area (Å²) in [5, 5.41) is 9.96. The average Bonchev–Trinajstić information content (AvgIpc) is 3.02. The fraction of sp³-hybridized carbons (Fsp3) is 0.474. The average molecular weight is 487 g/mol. The SMILES string of the molecule is CN=C(NCCCc1ccc(N(C)C)cc1)NCCc1csc(C)n1.I. The molecule has 0 saturated carbocycles. The molecule has 1 aromatic carbocycles. The first-order chi connectivity index (χ1) is 12.1. The highest BCUT2D eigenvalue weighted by atomic mass is 127. The summed E-state index contributed by atoms with van der Waals surface area (Å²) in [4.78, 5) is 10.9. The zero-order valence-electron chi connectivity index (χ0n) is 16.1. The molecule has 1 aromatic heterocycles. The van der Waals surface area contributed by atoms with E-state index in [2.05, 4.69) is 69.3 Å². The van der Waals surface area contributed by atoms with Crippen molar-refractivity contribution in [2.75, 3.05) is 39.1 Å². The number of anilines is 1. The fourth-order valence-corrected chi connectivity index (χ4v) is 3.16. The molecule has 2 aromatic rings. The lowest BCUT2D eigenvalue weighted by Crippen LogP contribution is -2.38. The van der Waals surface area contributed by atoms with Crippen LogP contribution in [0.1, 0.15) is 22.7 Å². The molecule has 5 nitrogen and oxygen atoms in total. The van der Waals surface area contributed by atoms with Gasteiger partial charge in [0.15, 0.2) is 5.96 Å². The van der Waals surface area contributed by atoms with Crippen molar-refractivity contribution >= 4 is 47.0 Å². The molecule has 0 spiro atoms. The molecule has 1 heterocycles. The second-order valence-electron chi connectivity index (χ2n) is 6.20. The predicted molar refractivity (Wildman–Crippen MR) is 124 cm³/mol. The number of nitrogens with one attached hydrogen (secondary N) is 2.